The van der Waals surface area contributed by atoms with E-state index in [2.05, 4.69) is 15.0 Å². The number of carbonyl (C=O) groups is 1. The smallest absolute Gasteiger partial charge is 0.240 e. The van der Waals surface area contributed by atoms with Crippen molar-refractivity contribution in [3.63, 3.8) is 0 Å². The predicted molar refractivity (Wildman–Crippen MR) is 155 cm³/mol. The zero-order valence-corrected chi connectivity index (χ0v) is 23.6. The Morgan fingerprint density at radius 1 is 0.881 bits per heavy atom. The molecule has 1 heterocycles. The summed E-state index contributed by atoms with van der Waals surface area (Å²) in [6, 6.07) is 18.5. The second-order valence-electron chi connectivity index (χ2n) is 9.91. The summed E-state index contributed by atoms with van der Waals surface area (Å²) in [5.74, 6) is -3.33. The average Bonchev–Trinajstić information content (AvgIpc) is 2.98. The van der Waals surface area contributed by atoms with Gasteiger partial charge in [-0.2, -0.15) is 0 Å². The molecule has 4 rings (SSSR count). The highest BCUT2D eigenvalue weighted by molar-refractivity contribution is 7.89. The fraction of sp³-hybridized carbons (Fsp3) is 0.226. The maximum atomic E-state index is 15.0. The van der Waals surface area contributed by atoms with Crippen LogP contribution in [0.15, 0.2) is 96.2 Å². The van der Waals surface area contributed by atoms with Crippen LogP contribution in [0.3, 0.4) is 0 Å². The van der Waals surface area contributed by atoms with Crippen molar-refractivity contribution in [1.82, 2.24) is 9.71 Å². The lowest BCUT2D eigenvalue weighted by atomic mass is 9.81. The van der Waals surface area contributed by atoms with Gasteiger partial charge in [0.1, 0.15) is 17.5 Å². The van der Waals surface area contributed by atoms with Crippen LogP contribution in [-0.2, 0) is 21.2 Å². The molecule has 0 radical (unpaired) electrons. The van der Waals surface area contributed by atoms with Gasteiger partial charge in [-0.05, 0) is 60.4 Å². The van der Waals surface area contributed by atoms with E-state index in [0.29, 0.717) is 11.1 Å². The van der Waals surface area contributed by atoms with Crippen molar-refractivity contribution in [1.29, 1.82) is 0 Å². The highest BCUT2D eigenvalue weighted by Gasteiger charge is 2.28. The molecule has 1 amide bonds. The number of anilines is 1. The number of halogens is 3. The van der Waals surface area contributed by atoms with Crippen LogP contribution in [0.2, 0.25) is 0 Å². The van der Waals surface area contributed by atoms with Crippen LogP contribution in [0.25, 0.3) is 0 Å². The number of benzene rings is 3. The normalized spacial score (nSPS) is 13.1. The first-order valence-electron chi connectivity index (χ1n) is 13.3. The second-order valence-corrected chi connectivity index (χ2v) is 11.6. The number of sulfonamides is 1. The van der Waals surface area contributed by atoms with E-state index in [4.69, 9.17) is 5.73 Å². The van der Waals surface area contributed by atoms with E-state index in [1.54, 1.807) is 49.4 Å². The summed E-state index contributed by atoms with van der Waals surface area (Å²) in [6.45, 7) is 1.64. The number of rotatable bonds is 12. The van der Waals surface area contributed by atoms with Crippen molar-refractivity contribution in [2.45, 2.75) is 36.6 Å². The van der Waals surface area contributed by atoms with Gasteiger partial charge in [-0.25, -0.2) is 26.3 Å². The van der Waals surface area contributed by atoms with Crippen molar-refractivity contribution in [3.05, 3.63) is 125 Å². The Kier molecular flexibility index (Phi) is 10.1. The Morgan fingerprint density at radius 2 is 1.45 bits per heavy atom. The van der Waals surface area contributed by atoms with Crippen LogP contribution in [0.1, 0.15) is 36.0 Å². The summed E-state index contributed by atoms with van der Waals surface area (Å²) in [6.07, 6.45) is 2.53. The highest BCUT2D eigenvalue weighted by atomic mass is 32.2. The summed E-state index contributed by atoms with van der Waals surface area (Å²) >= 11 is 0. The average molecular weight is 597 g/mol. The molecule has 0 aliphatic heterocycles. The van der Waals surface area contributed by atoms with Crippen LogP contribution in [0, 0.1) is 23.4 Å². The Morgan fingerprint density at radius 3 is 2.00 bits per heavy atom. The SMILES string of the molecule is C[C@H](C(=O)Nc1cncc(F)c1CC[C@H](CN)NS(=O)(=O)c1ccccc1)C(c1ccc(F)cc1)c1ccc(F)cc1. The van der Waals surface area contributed by atoms with E-state index in [9.17, 15) is 26.4 Å². The van der Waals surface area contributed by atoms with Crippen LogP contribution in [0.5, 0.6) is 0 Å². The van der Waals surface area contributed by atoms with E-state index in [1.165, 1.54) is 42.6 Å². The van der Waals surface area contributed by atoms with Crippen LogP contribution < -0.4 is 15.8 Å². The topological polar surface area (TPSA) is 114 Å². The number of pyridine rings is 1. The molecule has 7 nitrogen and oxygen atoms in total. The fourth-order valence-electron chi connectivity index (χ4n) is 4.76. The number of nitrogens with zero attached hydrogens (tertiary/aromatic N) is 1. The number of hydrogen-bond donors (Lipinski definition) is 3. The van der Waals surface area contributed by atoms with Crippen molar-refractivity contribution in [3.8, 4) is 0 Å². The van der Waals surface area contributed by atoms with E-state index in [-0.39, 0.29) is 35.5 Å². The molecule has 11 heteroatoms. The molecule has 42 heavy (non-hydrogen) atoms. The summed E-state index contributed by atoms with van der Waals surface area (Å²) in [7, 11) is -3.85. The van der Waals surface area contributed by atoms with Gasteiger partial charge in [-0.1, -0.05) is 49.4 Å². The predicted octanol–water partition coefficient (Wildman–Crippen LogP) is 5.14. The van der Waals surface area contributed by atoms with Gasteiger partial charge in [0.15, 0.2) is 0 Å². The zero-order valence-electron chi connectivity index (χ0n) is 22.8. The molecule has 0 aliphatic carbocycles. The Bertz CT molecular complexity index is 1560. The standard InChI is InChI=1S/C31H31F3N4O3S/c1-20(30(21-7-11-23(32)12-8-21)22-9-13-24(33)14-10-22)31(39)37-29-19-36-18-28(34)27(29)16-15-25(17-35)38-42(40,41)26-5-3-2-4-6-26/h2-14,18-20,25,30,38H,15-17,35H2,1H3,(H,37,39)/t20-,25+/m0/s1. The number of amides is 1. The van der Waals surface area contributed by atoms with E-state index in [0.717, 1.165) is 6.20 Å². The van der Waals surface area contributed by atoms with Crippen molar-refractivity contribution >= 4 is 21.6 Å². The molecular formula is C31H31F3N4O3S. The third kappa shape index (κ3) is 7.61. The minimum atomic E-state index is -3.85. The summed E-state index contributed by atoms with van der Waals surface area (Å²) in [5.41, 5.74) is 7.38. The lowest BCUT2D eigenvalue weighted by molar-refractivity contribution is -0.119. The van der Waals surface area contributed by atoms with Gasteiger partial charge < -0.3 is 11.1 Å². The first-order valence-corrected chi connectivity index (χ1v) is 14.8. The molecule has 0 bridgehead atoms. The molecule has 4 N–H and O–H groups in total. The number of nitrogens with one attached hydrogen (secondary N) is 2. The molecule has 0 aliphatic rings. The largest absolute Gasteiger partial charge is 0.329 e. The zero-order chi connectivity index (χ0) is 30.3. The lowest BCUT2D eigenvalue weighted by Crippen LogP contribution is -2.40. The molecule has 0 spiro atoms. The first-order chi connectivity index (χ1) is 20.1. The fourth-order valence-corrected chi connectivity index (χ4v) is 6.07. The van der Waals surface area contributed by atoms with Gasteiger partial charge in [0.2, 0.25) is 15.9 Å². The molecule has 0 saturated carbocycles. The van der Waals surface area contributed by atoms with Crippen LogP contribution >= 0.6 is 0 Å². The molecule has 3 aromatic carbocycles. The Hall–Kier alpha value is -4.06. The van der Waals surface area contributed by atoms with Gasteiger partial charge in [-0.3, -0.25) is 9.78 Å². The minimum absolute atomic E-state index is 0.0332. The van der Waals surface area contributed by atoms with E-state index < -0.39 is 51.3 Å². The van der Waals surface area contributed by atoms with Gasteiger partial charge in [-0.15, -0.1) is 0 Å². The second kappa shape index (κ2) is 13.7. The number of nitrogens with two attached hydrogens (primary N) is 1. The maximum Gasteiger partial charge on any atom is 0.240 e. The van der Waals surface area contributed by atoms with Crippen molar-refractivity contribution in [2.24, 2.45) is 11.7 Å². The van der Waals surface area contributed by atoms with Gasteiger partial charge >= 0.3 is 0 Å². The minimum Gasteiger partial charge on any atom is -0.329 e. The van der Waals surface area contributed by atoms with Crippen molar-refractivity contribution in [2.75, 3.05) is 11.9 Å². The molecule has 0 saturated heterocycles. The summed E-state index contributed by atoms with van der Waals surface area (Å²) in [5, 5.41) is 2.75. The van der Waals surface area contributed by atoms with Crippen LogP contribution in [0.4, 0.5) is 18.9 Å². The molecule has 0 fully saturated rings. The number of aromatic nitrogens is 1. The first kappa shape index (κ1) is 30.9. The number of hydrogen-bond acceptors (Lipinski definition) is 5. The number of carbonyl (C=O) groups excluding carboxylic acids is 1. The molecule has 1 aromatic heterocycles. The third-order valence-corrected chi connectivity index (χ3v) is 8.57. The lowest BCUT2D eigenvalue weighted by Gasteiger charge is -2.25. The molecule has 2 atom stereocenters. The molecule has 0 unspecified atom stereocenters. The molecular weight excluding hydrogens is 565 g/mol. The Balaban J connectivity index is 1.53. The Labute approximate surface area is 243 Å². The van der Waals surface area contributed by atoms with Crippen LogP contribution in [-0.4, -0.2) is 31.9 Å². The summed E-state index contributed by atoms with van der Waals surface area (Å²) < 4.78 is 70.3. The van der Waals surface area contributed by atoms with Gasteiger partial charge in [0.25, 0.3) is 0 Å². The maximum absolute atomic E-state index is 15.0. The van der Waals surface area contributed by atoms with E-state index >= 15 is 0 Å². The van der Waals surface area contributed by atoms with E-state index in [1.807, 2.05) is 0 Å². The van der Waals surface area contributed by atoms with Gasteiger partial charge in [0, 0.05) is 30.0 Å². The summed E-state index contributed by atoms with van der Waals surface area (Å²) in [4.78, 5) is 17.5. The molecule has 4 aromatic rings. The van der Waals surface area contributed by atoms with Crippen molar-refractivity contribution < 1.29 is 26.4 Å². The monoisotopic (exact) mass is 596 g/mol. The highest BCUT2D eigenvalue weighted by Crippen LogP contribution is 2.34. The van der Waals surface area contributed by atoms with Gasteiger partial charge in [0.05, 0.1) is 23.0 Å². The molecule has 220 valence electrons. The quantitative estimate of drug-likeness (QED) is 0.210. The third-order valence-electron chi connectivity index (χ3n) is 7.04.